The Morgan fingerprint density at radius 1 is 1.14 bits per heavy atom. The van der Waals surface area contributed by atoms with Crippen LogP contribution in [0.4, 0.5) is 5.69 Å². The molecule has 0 atom stereocenters. The summed E-state index contributed by atoms with van der Waals surface area (Å²) in [6, 6.07) is 7.04. The molecule has 0 saturated heterocycles. The normalized spacial score (nSPS) is 21.4. The second kappa shape index (κ2) is 7.11. The minimum atomic E-state index is -0.637. The van der Waals surface area contributed by atoms with Crippen molar-refractivity contribution in [2.24, 2.45) is 5.92 Å². The first-order chi connectivity index (χ1) is 10.1. The molecule has 0 bridgehead atoms. The van der Waals surface area contributed by atoms with E-state index in [2.05, 4.69) is 17.6 Å². The van der Waals surface area contributed by atoms with Gasteiger partial charge in [0.15, 0.2) is 0 Å². The molecule has 1 aromatic rings. The van der Waals surface area contributed by atoms with Crippen molar-refractivity contribution in [1.29, 1.82) is 0 Å². The molecule has 5 nitrogen and oxygen atoms in total. The molecular weight excluding hydrogens is 268 g/mol. The van der Waals surface area contributed by atoms with Crippen LogP contribution < -0.4 is 15.4 Å². The second-order valence-corrected chi connectivity index (χ2v) is 5.62. The SMILES string of the molecule is COc1cccc(NC(=O)C(=O)NC2CCC(C)CC2)c1. The Labute approximate surface area is 125 Å². The number of carbonyl (C=O) groups excluding carboxylic acids is 2. The van der Waals surface area contributed by atoms with E-state index in [1.165, 1.54) is 0 Å². The Bertz CT molecular complexity index is 508. The Balaban J connectivity index is 1.86. The van der Waals surface area contributed by atoms with Gasteiger partial charge >= 0.3 is 11.8 Å². The number of benzene rings is 1. The fourth-order valence-electron chi connectivity index (χ4n) is 2.54. The van der Waals surface area contributed by atoms with Gasteiger partial charge in [0.2, 0.25) is 0 Å². The number of ether oxygens (including phenoxy) is 1. The maximum Gasteiger partial charge on any atom is 0.313 e. The summed E-state index contributed by atoms with van der Waals surface area (Å²) in [6.07, 6.45) is 4.09. The molecular formula is C16H22N2O3. The highest BCUT2D eigenvalue weighted by Gasteiger charge is 2.22. The molecule has 0 aliphatic heterocycles. The third-order valence-electron chi connectivity index (χ3n) is 3.88. The average molecular weight is 290 g/mol. The van der Waals surface area contributed by atoms with E-state index in [1.807, 2.05) is 0 Å². The summed E-state index contributed by atoms with van der Waals surface area (Å²) in [5.74, 6) is 0.137. The number of hydrogen-bond donors (Lipinski definition) is 2. The first-order valence-electron chi connectivity index (χ1n) is 7.34. The maximum absolute atomic E-state index is 11.9. The molecule has 2 rings (SSSR count). The Kier molecular flexibility index (Phi) is 5.20. The molecule has 1 aliphatic carbocycles. The molecule has 0 unspecified atom stereocenters. The van der Waals surface area contributed by atoms with Gasteiger partial charge in [0.25, 0.3) is 0 Å². The van der Waals surface area contributed by atoms with Gasteiger partial charge in [0, 0.05) is 17.8 Å². The van der Waals surface area contributed by atoms with Gasteiger partial charge in [-0.3, -0.25) is 9.59 Å². The molecule has 1 aromatic carbocycles. The van der Waals surface area contributed by atoms with Crippen LogP contribution in [0.3, 0.4) is 0 Å². The molecule has 0 spiro atoms. The molecule has 5 heteroatoms. The van der Waals surface area contributed by atoms with E-state index in [0.717, 1.165) is 25.7 Å². The van der Waals surface area contributed by atoms with Crippen LogP contribution in [0.25, 0.3) is 0 Å². The molecule has 0 radical (unpaired) electrons. The summed E-state index contributed by atoms with van der Waals surface area (Å²) < 4.78 is 5.08. The molecule has 1 fully saturated rings. The summed E-state index contributed by atoms with van der Waals surface area (Å²) in [6.45, 7) is 2.22. The van der Waals surface area contributed by atoms with Gasteiger partial charge in [-0.05, 0) is 43.7 Å². The van der Waals surface area contributed by atoms with Crippen molar-refractivity contribution in [2.75, 3.05) is 12.4 Å². The van der Waals surface area contributed by atoms with E-state index >= 15 is 0 Å². The largest absolute Gasteiger partial charge is 0.497 e. The zero-order chi connectivity index (χ0) is 15.2. The van der Waals surface area contributed by atoms with Crippen molar-refractivity contribution >= 4 is 17.5 Å². The molecule has 1 saturated carbocycles. The smallest absolute Gasteiger partial charge is 0.313 e. The molecule has 21 heavy (non-hydrogen) atoms. The van der Waals surface area contributed by atoms with Crippen LogP contribution in [0.1, 0.15) is 32.6 Å². The number of nitrogens with one attached hydrogen (secondary N) is 2. The summed E-state index contributed by atoms with van der Waals surface area (Å²) in [7, 11) is 1.55. The lowest BCUT2D eigenvalue weighted by Crippen LogP contribution is -2.43. The van der Waals surface area contributed by atoms with E-state index in [9.17, 15) is 9.59 Å². The zero-order valence-electron chi connectivity index (χ0n) is 12.5. The van der Waals surface area contributed by atoms with E-state index in [1.54, 1.807) is 31.4 Å². The third-order valence-corrected chi connectivity index (χ3v) is 3.88. The van der Waals surface area contributed by atoms with Gasteiger partial charge in [-0.25, -0.2) is 0 Å². The first kappa shape index (κ1) is 15.4. The predicted octanol–water partition coefficient (Wildman–Crippen LogP) is 2.33. The highest BCUT2D eigenvalue weighted by molar-refractivity contribution is 6.39. The zero-order valence-corrected chi connectivity index (χ0v) is 12.5. The monoisotopic (exact) mass is 290 g/mol. The van der Waals surface area contributed by atoms with Crippen molar-refractivity contribution in [3.63, 3.8) is 0 Å². The topological polar surface area (TPSA) is 67.4 Å². The van der Waals surface area contributed by atoms with E-state index < -0.39 is 11.8 Å². The Morgan fingerprint density at radius 2 is 1.86 bits per heavy atom. The van der Waals surface area contributed by atoms with Crippen molar-refractivity contribution in [3.8, 4) is 5.75 Å². The van der Waals surface area contributed by atoms with Gasteiger partial charge in [-0.1, -0.05) is 13.0 Å². The van der Waals surface area contributed by atoms with Crippen molar-refractivity contribution < 1.29 is 14.3 Å². The lowest BCUT2D eigenvalue weighted by molar-refractivity contribution is -0.136. The summed E-state index contributed by atoms with van der Waals surface area (Å²) in [4.78, 5) is 23.8. The van der Waals surface area contributed by atoms with Crippen LogP contribution >= 0.6 is 0 Å². The number of rotatable bonds is 3. The van der Waals surface area contributed by atoms with Crippen LogP contribution in [-0.4, -0.2) is 25.0 Å². The highest BCUT2D eigenvalue weighted by Crippen LogP contribution is 2.23. The van der Waals surface area contributed by atoms with Crippen LogP contribution in [0.5, 0.6) is 5.75 Å². The second-order valence-electron chi connectivity index (χ2n) is 5.62. The Morgan fingerprint density at radius 3 is 2.52 bits per heavy atom. The molecule has 0 aromatic heterocycles. The lowest BCUT2D eigenvalue weighted by Gasteiger charge is -2.26. The van der Waals surface area contributed by atoms with Crippen LogP contribution in [0.2, 0.25) is 0 Å². The van der Waals surface area contributed by atoms with Crippen molar-refractivity contribution in [3.05, 3.63) is 24.3 Å². The fraction of sp³-hybridized carbons (Fsp3) is 0.500. The van der Waals surface area contributed by atoms with Crippen LogP contribution in [-0.2, 0) is 9.59 Å². The number of hydrogen-bond acceptors (Lipinski definition) is 3. The highest BCUT2D eigenvalue weighted by atomic mass is 16.5. The van der Waals surface area contributed by atoms with Crippen molar-refractivity contribution in [1.82, 2.24) is 5.32 Å². The lowest BCUT2D eigenvalue weighted by atomic mass is 9.87. The van der Waals surface area contributed by atoms with Crippen LogP contribution in [0.15, 0.2) is 24.3 Å². The number of amides is 2. The Hall–Kier alpha value is -2.04. The molecule has 2 amide bonds. The van der Waals surface area contributed by atoms with E-state index in [4.69, 9.17) is 4.74 Å². The van der Waals surface area contributed by atoms with Gasteiger partial charge in [0.05, 0.1) is 7.11 Å². The molecule has 1 aliphatic rings. The quantitative estimate of drug-likeness (QED) is 0.840. The fourth-order valence-corrected chi connectivity index (χ4v) is 2.54. The molecule has 114 valence electrons. The maximum atomic E-state index is 11.9. The summed E-state index contributed by atoms with van der Waals surface area (Å²) in [5.41, 5.74) is 0.548. The minimum Gasteiger partial charge on any atom is -0.497 e. The third kappa shape index (κ3) is 4.48. The summed E-state index contributed by atoms with van der Waals surface area (Å²) in [5, 5.41) is 5.39. The average Bonchev–Trinajstić information content (AvgIpc) is 2.49. The number of anilines is 1. The predicted molar refractivity (Wildman–Crippen MR) is 81.2 cm³/mol. The summed E-state index contributed by atoms with van der Waals surface area (Å²) >= 11 is 0. The number of methoxy groups -OCH3 is 1. The van der Waals surface area contributed by atoms with Gasteiger partial charge in [-0.15, -0.1) is 0 Å². The molecule has 2 N–H and O–H groups in total. The molecule has 0 heterocycles. The standard InChI is InChI=1S/C16H22N2O3/c1-11-6-8-12(9-7-11)17-15(19)16(20)18-13-4-3-5-14(10-13)21-2/h3-5,10-12H,6-9H2,1-2H3,(H,17,19)(H,18,20). The first-order valence-corrected chi connectivity index (χ1v) is 7.34. The van der Waals surface area contributed by atoms with Crippen LogP contribution in [0, 0.1) is 5.92 Å². The minimum absolute atomic E-state index is 0.116. The van der Waals surface area contributed by atoms with Gasteiger partial charge < -0.3 is 15.4 Å². The van der Waals surface area contributed by atoms with E-state index in [0.29, 0.717) is 17.4 Å². The van der Waals surface area contributed by atoms with Crippen molar-refractivity contribution in [2.45, 2.75) is 38.6 Å². The van der Waals surface area contributed by atoms with Gasteiger partial charge in [0.1, 0.15) is 5.75 Å². The van der Waals surface area contributed by atoms with Gasteiger partial charge in [-0.2, -0.15) is 0 Å². The number of carbonyl (C=O) groups is 2. The van der Waals surface area contributed by atoms with E-state index in [-0.39, 0.29) is 6.04 Å².